The van der Waals surface area contributed by atoms with E-state index in [9.17, 15) is 0 Å². The van der Waals surface area contributed by atoms with Gasteiger partial charge in [-0.2, -0.15) is 0 Å². The summed E-state index contributed by atoms with van der Waals surface area (Å²) in [6.45, 7) is 3.44. The molecule has 1 aliphatic rings. The number of hydrogen-bond donors (Lipinski definition) is 2. The van der Waals surface area contributed by atoms with Gasteiger partial charge >= 0.3 is 0 Å². The quantitative estimate of drug-likeness (QED) is 0.642. The van der Waals surface area contributed by atoms with Crippen LogP contribution in [0.5, 0.6) is 0 Å². The first-order chi connectivity index (χ1) is 5.69. The smallest absolute Gasteiger partial charge is 0.243 e. The molecule has 0 saturated heterocycles. The molecule has 70 valence electrons. The Bertz CT molecular complexity index is 169. The number of aliphatic hydroxyl groups excluding tert-OH is 2. The molecular formula is C8H14O4. The van der Waals surface area contributed by atoms with Gasteiger partial charge in [0, 0.05) is 5.92 Å². The first kappa shape index (κ1) is 9.35. The maximum atomic E-state index is 8.79. The molecule has 0 aromatic rings. The third-order valence-electron chi connectivity index (χ3n) is 1.66. The van der Waals surface area contributed by atoms with Gasteiger partial charge in [-0.15, -0.1) is 0 Å². The lowest BCUT2D eigenvalue weighted by Gasteiger charge is -2.14. The van der Waals surface area contributed by atoms with Gasteiger partial charge < -0.3 is 19.7 Å². The van der Waals surface area contributed by atoms with Crippen LogP contribution in [0.4, 0.5) is 0 Å². The molecule has 4 heteroatoms. The largest absolute Gasteiger partial charge is 0.453 e. The van der Waals surface area contributed by atoms with Crippen LogP contribution in [0.1, 0.15) is 13.8 Å². The molecule has 0 atom stereocenters. The van der Waals surface area contributed by atoms with Crippen molar-refractivity contribution >= 4 is 0 Å². The van der Waals surface area contributed by atoms with E-state index in [4.69, 9.17) is 19.7 Å². The number of hydrogen-bond acceptors (Lipinski definition) is 4. The van der Waals surface area contributed by atoms with Gasteiger partial charge in [-0.25, -0.2) is 0 Å². The monoisotopic (exact) mass is 174 g/mol. The fourth-order valence-corrected chi connectivity index (χ4v) is 0.959. The predicted octanol–water partition coefficient (Wildman–Crippen LogP) is 0.212. The van der Waals surface area contributed by atoms with E-state index in [2.05, 4.69) is 0 Å². The van der Waals surface area contributed by atoms with E-state index in [1.54, 1.807) is 0 Å². The van der Waals surface area contributed by atoms with E-state index in [1.807, 2.05) is 13.8 Å². The van der Waals surface area contributed by atoms with Gasteiger partial charge in [0.1, 0.15) is 13.2 Å². The lowest BCUT2D eigenvalue weighted by Crippen LogP contribution is -2.17. The van der Waals surface area contributed by atoms with Gasteiger partial charge in [0.25, 0.3) is 0 Å². The molecular weight excluding hydrogens is 160 g/mol. The molecule has 0 spiro atoms. The molecule has 0 bridgehead atoms. The molecule has 0 radical (unpaired) electrons. The zero-order valence-electron chi connectivity index (χ0n) is 7.28. The normalized spacial score (nSPS) is 18.4. The number of aliphatic hydroxyl groups is 2. The minimum atomic E-state index is -0.366. The highest BCUT2D eigenvalue weighted by Gasteiger charge is 2.28. The first-order valence-corrected chi connectivity index (χ1v) is 3.96. The van der Waals surface area contributed by atoms with Crippen molar-refractivity contribution in [2.75, 3.05) is 13.2 Å². The van der Waals surface area contributed by atoms with Crippen molar-refractivity contribution in [3.8, 4) is 0 Å². The van der Waals surface area contributed by atoms with Crippen LogP contribution in [-0.2, 0) is 9.47 Å². The van der Waals surface area contributed by atoms with E-state index < -0.39 is 0 Å². The Hall–Kier alpha value is -0.740. The van der Waals surface area contributed by atoms with E-state index in [1.165, 1.54) is 0 Å². The Kier molecular flexibility index (Phi) is 2.94. The van der Waals surface area contributed by atoms with E-state index >= 15 is 0 Å². The lowest BCUT2D eigenvalue weighted by molar-refractivity contribution is -0.0781. The van der Waals surface area contributed by atoms with Gasteiger partial charge in [0.15, 0.2) is 11.5 Å². The second kappa shape index (κ2) is 3.78. The molecule has 0 fully saturated rings. The molecule has 0 aliphatic carbocycles. The summed E-state index contributed by atoms with van der Waals surface area (Å²) in [6, 6.07) is 0. The van der Waals surface area contributed by atoms with E-state index in [0.717, 1.165) is 0 Å². The molecule has 12 heavy (non-hydrogen) atoms. The second-order valence-electron chi connectivity index (χ2n) is 3.01. The Morgan fingerprint density at radius 3 is 1.83 bits per heavy atom. The summed E-state index contributed by atoms with van der Waals surface area (Å²) < 4.78 is 10.4. The minimum absolute atomic E-state index is 0.204. The maximum absolute atomic E-state index is 8.79. The molecule has 1 heterocycles. The Morgan fingerprint density at radius 2 is 1.58 bits per heavy atom. The van der Waals surface area contributed by atoms with Crippen molar-refractivity contribution in [2.45, 2.75) is 20.1 Å². The van der Waals surface area contributed by atoms with Crippen LogP contribution in [0.2, 0.25) is 0 Å². The van der Waals surface area contributed by atoms with Gasteiger partial charge in [-0.05, 0) is 0 Å². The van der Waals surface area contributed by atoms with Crippen LogP contribution in [0.3, 0.4) is 0 Å². The summed E-state index contributed by atoms with van der Waals surface area (Å²) in [4.78, 5) is 0. The van der Waals surface area contributed by atoms with Gasteiger partial charge in [-0.1, -0.05) is 13.8 Å². The Morgan fingerprint density at radius 1 is 1.17 bits per heavy atom. The van der Waals surface area contributed by atoms with Crippen LogP contribution >= 0.6 is 0 Å². The maximum Gasteiger partial charge on any atom is 0.243 e. The van der Waals surface area contributed by atoms with Crippen LogP contribution in [0, 0.1) is 5.92 Å². The van der Waals surface area contributed by atoms with Crippen molar-refractivity contribution in [3.05, 3.63) is 11.5 Å². The Labute approximate surface area is 71.4 Å². The zero-order chi connectivity index (χ0) is 9.14. The van der Waals surface area contributed by atoms with Crippen molar-refractivity contribution in [3.63, 3.8) is 0 Å². The number of ether oxygens (including phenoxy) is 2. The highest BCUT2D eigenvalue weighted by molar-refractivity contribution is 5.06. The molecule has 1 rings (SSSR count). The average molecular weight is 174 g/mol. The average Bonchev–Trinajstić information content (AvgIpc) is 2.46. The van der Waals surface area contributed by atoms with Crippen molar-refractivity contribution in [2.24, 2.45) is 5.92 Å². The van der Waals surface area contributed by atoms with Crippen LogP contribution < -0.4 is 0 Å². The predicted molar refractivity (Wildman–Crippen MR) is 42.0 cm³/mol. The van der Waals surface area contributed by atoms with Gasteiger partial charge in [-0.3, -0.25) is 0 Å². The first-order valence-electron chi connectivity index (χ1n) is 3.96. The van der Waals surface area contributed by atoms with Crippen molar-refractivity contribution < 1.29 is 19.7 Å². The summed E-state index contributed by atoms with van der Waals surface area (Å²) >= 11 is 0. The second-order valence-corrected chi connectivity index (χ2v) is 3.01. The Balaban J connectivity index is 2.59. The van der Waals surface area contributed by atoms with Gasteiger partial charge in [0.05, 0.1) is 0 Å². The SMILES string of the molecule is CC(C)C1OC(CO)=C(CO)O1. The summed E-state index contributed by atoms with van der Waals surface area (Å²) in [5, 5.41) is 17.6. The molecule has 2 N–H and O–H groups in total. The standard InChI is InChI=1S/C8H14O4/c1-5(2)8-11-6(3-9)7(4-10)12-8/h5,8-10H,3-4H2,1-2H3. The zero-order valence-corrected chi connectivity index (χ0v) is 7.28. The highest BCUT2D eigenvalue weighted by Crippen LogP contribution is 2.25. The fourth-order valence-electron chi connectivity index (χ4n) is 0.959. The topological polar surface area (TPSA) is 58.9 Å². The fraction of sp³-hybridized carbons (Fsp3) is 0.750. The summed E-state index contributed by atoms with van der Waals surface area (Å²) in [7, 11) is 0. The molecule has 0 amide bonds. The molecule has 0 aromatic carbocycles. The summed E-state index contributed by atoms with van der Waals surface area (Å²) in [5.74, 6) is 0.892. The molecule has 0 unspecified atom stereocenters. The van der Waals surface area contributed by atoms with E-state index in [-0.39, 0.29) is 25.4 Å². The molecule has 1 aliphatic heterocycles. The van der Waals surface area contributed by atoms with Crippen LogP contribution in [-0.4, -0.2) is 29.7 Å². The minimum Gasteiger partial charge on any atom is -0.453 e. The van der Waals surface area contributed by atoms with Crippen molar-refractivity contribution in [1.29, 1.82) is 0 Å². The highest BCUT2D eigenvalue weighted by atomic mass is 16.7. The molecule has 0 aromatic heterocycles. The lowest BCUT2D eigenvalue weighted by atomic mass is 10.2. The number of rotatable bonds is 3. The molecule has 4 nitrogen and oxygen atoms in total. The van der Waals surface area contributed by atoms with Gasteiger partial charge in [0.2, 0.25) is 6.29 Å². The summed E-state index contributed by atoms with van der Waals surface area (Å²) in [5.41, 5.74) is 0. The van der Waals surface area contributed by atoms with Crippen molar-refractivity contribution in [1.82, 2.24) is 0 Å². The molecule has 0 saturated carbocycles. The third kappa shape index (κ3) is 1.70. The summed E-state index contributed by atoms with van der Waals surface area (Å²) in [6.07, 6.45) is -0.366. The van der Waals surface area contributed by atoms with Crippen LogP contribution in [0.15, 0.2) is 11.5 Å². The van der Waals surface area contributed by atoms with Crippen LogP contribution in [0.25, 0.3) is 0 Å². The third-order valence-corrected chi connectivity index (χ3v) is 1.66. The van der Waals surface area contributed by atoms with E-state index in [0.29, 0.717) is 11.5 Å².